The maximum Gasteiger partial charge on any atom is 0.265 e. The quantitative estimate of drug-likeness (QED) is 0.807. The number of hydrogen-bond acceptors (Lipinski definition) is 4. The molecule has 0 heterocycles. The summed E-state index contributed by atoms with van der Waals surface area (Å²) in [6.07, 6.45) is -0.821. The Bertz CT molecular complexity index is 576. The summed E-state index contributed by atoms with van der Waals surface area (Å²) < 4.78 is 28.8. The number of hydrogen-bond donors (Lipinski definition) is 1. The molecule has 19 heavy (non-hydrogen) atoms. The van der Waals surface area contributed by atoms with E-state index in [-0.39, 0.29) is 16.6 Å². The Morgan fingerprint density at radius 1 is 1.53 bits per heavy atom. The standard InChI is InChI=1S/C11H13BrClNO4S/c1-3-14-11(15)7(2)18-9-5-4-8(12)6-10(9)19(13,16)17/h4-7H,3H2,1-2H3,(H,14,15). The highest BCUT2D eigenvalue weighted by molar-refractivity contribution is 9.10. The van der Waals surface area contributed by atoms with Crippen LogP contribution in [0.25, 0.3) is 0 Å². The van der Waals surface area contributed by atoms with Gasteiger partial charge in [-0.1, -0.05) is 15.9 Å². The first-order valence-electron chi connectivity index (χ1n) is 5.44. The van der Waals surface area contributed by atoms with Gasteiger partial charge < -0.3 is 10.1 Å². The summed E-state index contributed by atoms with van der Waals surface area (Å²) in [5.74, 6) is -0.291. The lowest BCUT2D eigenvalue weighted by molar-refractivity contribution is -0.127. The highest BCUT2D eigenvalue weighted by Gasteiger charge is 2.21. The van der Waals surface area contributed by atoms with E-state index in [0.29, 0.717) is 11.0 Å². The summed E-state index contributed by atoms with van der Waals surface area (Å²) in [5, 5.41) is 2.58. The fourth-order valence-corrected chi connectivity index (χ4v) is 2.83. The Morgan fingerprint density at radius 2 is 2.16 bits per heavy atom. The molecule has 0 bridgehead atoms. The first kappa shape index (κ1) is 16.3. The number of nitrogens with one attached hydrogen (secondary N) is 1. The number of carbonyl (C=O) groups is 1. The van der Waals surface area contributed by atoms with Crippen LogP contribution in [0, 0.1) is 0 Å². The lowest BCUT2D eigenvalue weighted by Gasteiger charge is -2.16. The second-order valence-corrected chi connectivity index (χ2v) is 7.13. The second kappa shape index (κ2) is 6.58. The van der Waals surface area contributed by atoms with Gasteiger partial charge in [-0.25, -0.2) is 8.42 Å². The summed E-state index contributed by atoms with van der Waals surface area (Å²) in [6.45, 7) is 3.77. The molecule has 0 aromatic heterocycles. The zero-order valence-electron chi connectivity index (χ0n) is 10.3. The van der Waals surface area contributed by atoms with Crippen molar-refractivity contribution in [3.05, 3.63) is 22.7 Å². The number of ether oxygens (including phenoxy) is 1. The monoisotopic (exact) mass is 369 g/mol. The molecule has 1 aromatic carbocycles. The SMILES string of the molecule is CCNC(=O)C(C)Oc1ccc(Br)cc1S(=O)(=O)Cl. The molecule has 0 saturated heterocycles. The van der Waals surface area contributed by atoms with Crippen LogP contribution in [0.4, 0.5) is 0 Å². The molecule has 0 spiro atoms. The van der Waals surface area contributed by atoms with Gasteiger partial charge in [0.15, 0.2) is 6.10 Å². The van der Waals surface area contributed by atoms with Crippen LogP contribution in [0.3, 0.4) is 0 Å². The van der Waals surface area contributed by atoms with Gasteiger partial charge in [-0.3, -0.25) is 4.79 Å². The van der Waals surface area contributed by atoms with Gasteiger partial charge in [-0.2, -0.15) is 0 Å². The molecule has 0 fully saturated rings. The molecule has 0 aliphatic rings. The van der Waals surface area contributed by atoms with Crippen molar-refractivity contribution in [2.24, 2.45) is 0 Å². The molecule has 1 unspecified atom stereocenters. The summed E-state index contributed by atoms with van der Waals surface area (Å²) in [7, 11) is 1.38. The van der Waals surface area contributed by atoms with E-state index in [4.69, 9.17) is 15.4 Å². The van der Waals surface area contributed by atoms with Gasteiger partial charge in [0.25, 0.3) is 15.0 Å². The highest BCUT2D eigenvalue weighted by Crippen LogP contribution is 2.30. The van der Waals surface area contributed by atoms with Gasteiger partial charge in [0, 0.05) is 21.7 Å². The number of benzene rings is 1. The van der Waals surface area contributed by atoms with Crippen molar-refractivity contribution in [1.82, 2.24) is 5.32 Å². The molecule has 8 heteroatoms. The second-order valence-electron chi connectivity index (χ2n) is 3.68. The van der Waals surface area contributed by atoms with E-state index in [1.807, 2.05) is 0 Å². The Morgan fingerprint density at radius 3 is 2.68 bits per heavy atom. The molecular formula is C11H13BrClNO4S. The van der Waals surface area contributed by atoms with Crippen molar-refractivity contribution in [2.75, 3.05) is 6.54 Å². The molecule has 1 rings (SSSR count). The molecule has 1 aromatic rings. The van der Waals surface area contributed by atoms with Crippen LogP contribution >= 0.6 is 26.6 Å². The molecule has 1 atom stereocenters. The number of rotatable bonds is 5. The molecule has 0 radical (unpaired) electrons. The van der Waals surface area contributed by atoms with Crippen LogP contribution in [0.5, 0.6) is 5.75 Å². The van der Waals surface area contributed by atoms with E-state index in [0.717, 1.165) is 0 Å². The first-order valence-corrected chi connectivity index (χ1v) is 8.54. The van der Waals surface area contributed by atoms with Gasteiger partial charge in [-0.15, -0.1) is 0 Å². The largest absolute Gasteiger partial charge is 0.479 e. The third-order valence-electron chi connectivity index (χ3n) is 2.19. The minimum absolute atomic E-state index is 0.0388. The Balaban J connectivity index is 3.05. The molecule has 0 saturated carbocycles. The Kier molecular flexibility index (Phi) is 5.64. The van der Waals surface area contributed by atoms with Gasteiger partial charge in [0.1, 0.15) is 10.6 Å². The van der Waals surface area contributed by atoms with Crippen molar-refractivity contribution in [3.8, 4) is 5.75 Å². The van der Waals surface area contributed by atoms with Crippen molar-refractivity contribution in [1.29, 1.82) is 0 Å². The molecule has 0 aliphatic heterocycles. The van der Waals surface area contributed by atoms with Gasteiger partial charge in [-0.05, 0) is 32.0 Å². The van der Waals surface area contributed by atoms with Crippen molar-refractivity contribution in [3.63, 3.8) is 0 Å². The molecule has 5 nitrogen and oxygen atoms in total. The number of amides is 1. The number of halogens is 2. The molecule has 1 N–H and O–H groups in total. The van der Waals surface area contributed by atoms with Gasteiger partial charge in [0.2, 0.25) is 0 Å². The van der Waals surface area contributed by atoms with Crippen LogP contribution in [0.1, 0.15) is 13.8 Å². The van der Waals surface area contributed by atoms with Crippen LogP contribution in [0.2, 0.25) is 0 Å². The van der Waals surface area contributed by atoms with Crippen LogP contribution in [0.15, 0.2) is 27.6 Å². The average molecular weight is 371 g/mol. The van der Waals surface area contributed by atoms with Crippen molar-refractivity contribution < 1.29 is 17.9 Å². The fraction of sp³-hybridized carbons (Fsp3) is 0.364. The first-order chi connectivity index (χ1) is 8.75. The van der Waals surface area contributed by atoms with Crippen molar-refractivity contribution in [2.45, 2.75) is 24.8 Å². The molecule has 1 amide bonds. The van der Waals surface area contributed by atoms with Gasteiger partial charge in [0.05, 0.1) is 0 Å². The lowest BCUT2D eigenvalue weighted by atomic mass is 10.3. The maximum atomic E-state index is 11.5. The predicted molar refractivity (Wildman–Crippen MR) is 76.0 cm³/mol. The zero-order chi connectivity index (χ0) is 14.6. The van der Waals surface area contributed by atoms with E-state index in [1.54, 1.807) is 13.0 Å². The third-order valence-corrected chi connectivity index (χ3v) is 4.03. The summed E-state index contributed by atoms with van der Waals surface area (Å²) in [5.41, 5.74) is 0. The number of likely N-dealkylation sites (N-methyl/N-ethyl adjacent to an activating group) is 1. The topological polar surface area (TPSA) is 72.5 Å². The minimum Gasteiger partial charge on any atom is -0.479 e. The van der Waals surface area contributed by atoms with E-state index in [2.05, 4.69) is 21.2 Å². The Hall–Kier alpha value is -0.790. The Labute approximate surface area is 124 Å². The molecular weight excluding hydrogens is 358 g/mol. The third kappa shape index (κ3) is 4.67. The highest BCUT2D eigenvalue weighted by atomic mass is 79.9. The summed E-state index contributed by atoms with van der Waals surface area (Å²) >= 11 is 3.15. The zero-order valence-corrected chi connectivity index (χ0v) is 13.5. The van der Waals surface area contributed by atoms with Crippen LogP contribution in [-0.4, -0.2) is 27.0 Å². The normalized spacial score (nSPS) is 12.8. The van der Waals surface area contributed by atoms with Gasteiger partial charge >= 0.3 is 0 Å². The number of carbonyl (C=O) groups excluding carboxylic acids is 1. The predicted octanol–water partition coefficient (Wildman–Crippen LogP) is 2.28. The summed E-state index contributed by atoms with van der Waals surface area (Å²) in [4.78, 5) is 11.4. The van der Waals surface area contributed by atoms with E-state index in [1.165, 1.54) is 19.1 Å². The van der Waals surface area contributed by atoms with E-state index >= 15 is 0 Å². The average Bonchev–Trinajstić information content (AvgIpc) is 2.30. The molecule has 0 aliphatic carbocycles. The minimum atomic E-state index is -3.95. The smallest absolute Gasteiger partial charge is 0.265 e. The maximum absolute atomic E-state index is 11.5. The van der Waals surface area contributed by atoms with Crippen LogP contribution < -0.4 is 10.1 Å². The van der Waals surface area contributed by atoms with E-state index < -0.39 is 15.2 Å². The summed E-state index contributed by atoms with van der Waals surface area (Å²) in [6, 6.07) is 4.36. The van der Waals surface area contributed by atoms with Crippen LogP contribution in [-0.2, 0) is 13.8 Å². The van der Waals surface area contributed by atoms with Crippen molar-refractivity contribution >= 4 is 41.6 Å². The lowest BCUT2D eigenvalue weighted by Crippen LogP contribution is -2.36. The fourth-order valence-electron chi connectivity index (χ4n) is 1.33. The van der Waals surface area contributed by atoms with E-state index in [9.17, 15) is 13.2 Å². The molecule has 106 valence electrons.